The number of morpholine rings is 1. The highest BCUT2D eigenvalue weighted by Gasteiger charge is 2.29. The van der Waals surface area contributed by atoms with Crippen molar-refractivity contribution in [1.29, 1.82) is 0 Å². The second kappa shape index (κ2) is 7.71. The summed E-state index contributed by atoms with van der Waals surface area (Å²) in [5, 5.41) is 2.49. The molecule has 1 fully saturated rings. The molecule has 0 radical (unpaired) electrons. The number of sulfonamides is 1. The molecule has 1 heterocycles. The van der Waals surface area contributed by atoms with Gasteiger partial charge in [-0.15, -0.1) is 0 Å². The summed E-state index contributed by atoms with van der Waals surface area (Å²) in [7, 11) is -4.06. The zero-order valence-corrected chi connectivity index (χ0v) is 15.4. The lowest BCUT2D eigenvalue weighted by Gasteiger charge is -2.26. The summed E-state index contributed by atoms with van der Waals surface area (Å²) in [5.41, 5.74) is 0.756. The molecule has 1 saturated heterocycles. The van der Waals surface area contributed by atoms with E-state index in [0.717, 1.165) is 22.5 Å². The molecule has 0 atom stereocenters. The maximum absolute atomic E-state index is 14.2. The third-order valence-corrected chi connectivity index (χ3v) is 6.13. The van der Waals surface area contributed by atoms with Crippen molar-refractivity contribution < 1.29 is 26.7 Å². The van der Waals surface area contributed by atoms with E-state index in [2.05, 4.69) is 5.32 Å². The fourth-order valence-corrected chi connectivity index (χ4v) is 4.24. The number of carbonyl (C=O) groups is 1. The minimum atomic E-state index is -4.06. The zero-order valence-electron chi connectivity index (χ0n) is 14.5. The van der Waals surface area contributed by atoms with Gasteiger partial charge in [0.05, 0.1) is 13.2 Å². The van der Waals surface area contributed by atoms with Crippen molar-refractivity contribution in [2.45, 2.75) is 11.8 Å². The lowest BCUT2D eigenvalue weighted by Crippen LogP contribution is -2.40. The van der Waals surface area contributed by atoms with Gasteiger partial charge in [-0.3, -0.25) is 4.79 Å². The lowest BCUT2D eigenvalue weighted by molar-refractivity contribution is 0.0729. The molecule has 27 heavy (non-hydrogen) atoms. The number of aryl methyl sites for hydroxylation is 1. The first-order valence-electron chi connectivity index (χ1n) is 8.24. The quantitative estimate of drug-likeness (QED) is 0.862. The molecule has 2 aromatic carbocycles. The third-order valence-electron chi connectivity index (χ3n) is 4.22. The van der Waals surface area contributed by atoms with Crippen molar-refractivity contribution in [2.75, 3.05) is 31.6 Å². The third kappa shape index (κ3) is 4.15. The zero-order chi connectivity index (χ0) is 19.6. The maximum Gasteiger partial charge on any atom is 0.256 e. The van der Waals surface area contributed by atoms with E-state index in [1.165, 1.54) is 18.2 Å². The van der Waals surface area contributed by atoms with Gasteiger partial charge < -0.3 is 10.1 Å². The second-order valence-corrected chi connectivity index (χ2v) is 7.98. The number of anilines is 1. The Morgan fingerprint density at radius 2 is 1.81 bits per heavy atom. The molecular weight excluding hydrogens is 378 g/mol. The molecule has 9 heteroatoms. The van der Waals surface area contributed by atoms with E-state index in [4.69, 9.17) is 4.74 Å². The van der Waals surface area contributed by atoms with Gasteiger partial charge in [0.15, 0.2) is 0 Å². The van der Waals surface area contributed by atoms with Crippen LogP contribution in [0.4, 0.5) is 14.5 Å². The van der Waals surface area contributed by atoms with E-state index in [0.29, 0.717) is 5.56 Å². The molecule has 0 aromatic heterocycles. The van der Waals surface area contributed by atoms with E-state index < -0.39 is 32.5 Å². The Hall–Kier alpha value is -2.36. The van der Waals surface area contributed by atoms with E-state index in [-0.39, 0.29) is 37.6 Å². The van der Waals surface area contributed by atoms with Crippen LogP contribution in [0.1, 0.15) is 15.9 Å². The van der Waals surface area contributed by atoms with Crippen LogP contribution < -0.4 is 5.32 Å². The van der Waals surface area contributed by atoms with Crippen LogP contribution in [-0.2, 0) is 14.8 Å². The summed E-state index contributed by atoms with van der Waals surface area (Å²) in [6.45, 7) is 2.36. The standard InChI is InChI=1S/C18H18F2N2O4S/c1-12-2-3-13(19)10-15(12)18(23)21-14-4-5-16(20)17(11-14)27(24,25)22-6-8-26-9-7-22/h2-5,10-11H,6-9H2,1H3,(H,21,23). The molecule has 1 aliphatic rings. The minimum absolute atomic E-state index is 0.0943. The van der Waals surface area contributed by atoms with Crippen LogP contribution in [0.5, 0.6) is 0 Å². The molecule has 6 nitrogen and oxygen atoms in total. The summed E-state index contributed by atoms with van der Waals surface area (Å²) in [6.07, 6.45) is 0. The van der Waals surface area contributed by atoms with Gasteiger partial charge in [-0.2, -0.15) is 4.31 Å². The van der Waals surface area contributed by atoms with Crippen molar-refractivity contribution in [3.05, 3.63) is 59.2 Å². The predicted octanol–water partition coefficient (Wildman–Crippen LogP) is 2.55. The largest absolute Gasteiger partial charge is 0.379 e. The smallest absolute Gasteiger partial charge is 0.256 e. The van der Waals surface area contributed by atoms with Crippen molar-refractivity contribution in [1.82, 2.24) is 4.31 Å². The number of carbonyl (C=O) groups excluding carboxylic acids is 1. The molecular formula is C18H18F2N2O4S. The van der Waals surface area contributed by atoms with E-state index in [1.54, 1.807) is 6.92 Å². The van der Waals surface area contributed by atoms with Crippen LogP contribution in [0.15, 0.2) is 41.3 Å². The van der Waals surface area contributed by atoms with Crippen LogP contribution in [0.2, 0.25) is 0 Å². The minimum Gasteiger partial charge on any atom is -0.379 e. The van der Waals surface area contributed by atoms with Crippen LogP contribution >= 0.6 is 0 Å². The molecule has 3 rings (SSSR count). The van der Waals surface area contributed by atoms with Crippen LogP contribution in [0.3, 0.4) is 0 Å². The van der Waals surface area contributed by atoms with Crippen molar-refractivity contribution in [3.8, 4) is 0 Å². The van der Waals surface area contributed by atoms with Crippen molar-refractivity contribution in [3.63, 3.8) is 0 Å². The van der Waals surface area contributed by atoms with Gasteiger partial charge >= 0.3 is 0 Å². The van der Waals surface area contributed by atoms with Gasteiger partial charge in [-0.1, -0.05) is 6.07 Å². The summed E-state index contributed by atoms with van der Waals surface area (Å²) >= 11 is 0. The number of benzene rings is 2. The molecule has 0 unspecified atom stereocenters. The second-order valence-electron chi connectivity index (χ2n) is 6.08. The van der Waals surface area contributed by atoms with Gasteiger partial charge in [-0.25, -0.2) is 17.2 Å². The van der Waals surface area contributed by atoms with Crippen LogP contribution in [-0.4, -0.2) is 44.9 Å². The number of ether oxygens (including phenoxy) is 1. The Labute approximate surface area is 155 Å². The highest BCUT2D eigenvalue weighted by atomic mass is 32.2. The first-order chi connectivity index (χ1) is 12.8. The van der Waals surface area contributed by atoms with Crippen LogP contribution in [0.25, 0.3) is 0 Å². The molecule has 0 spiro atoms. The molecule has 0 saturated carbocycles. The molecule has 2 aromatic rings. The molecule has 1 aliphatic heterocycles. The molecule has 0 aliphatic carbocycles. The van der Waals surface area contributed by atoms with Gasteiger partial charge in [0.25, 0.3) is 5.91 Å². The Morgan fingerprint density at radius 1 is 1.11 bits per heavy atom. The number of amides is 1. The van der Waals surface area contributed by atoms with Gasteiger partial charge in [0, 0.05) is 24.3 Å². The van der Waals surface area contributed by atoms with Gasteiger partial charge in [-0.05, 0) is 42.8 Å². The highest BCUT2D eigenvalue weighted by Crippen LogP contribution is 2.24. The Balaban J connectivity index is 1.89. The Morgan fingerprint density at radius 3 is 2.52 bits per heavy atom. The normalized spacial score (nSPS) is 15.5. The first kappa shape index (κ1) is 19.4. The van der Waals surface area contributed by atoms with E-state index in [1.807, 2.05) is 0 Å². The summed E-state index contributed by atoms with van der Waals surface area (Å²) in [4.78, 5) is 11.9. The SMILES string of the molecule is Cc1ccc(F)cc1C(=O)Nc1ccc(F)c(S(=O)(=O)N2CCOCC2)c1. The number of nitrogens with one attached hydrogen (secondary N) is 1. The molecule has 0 bridgehead atoms. The lowest BCUT2D eigenvalue weighted by atomic mass is 10.1. The number of hydrogen-bond donors (Lipinski definition) is 1. The average Bonchev–Trinajstić information content (AvgIpc) is 2.65. The fourth-order valence-electron chi connectivity index (χ4n) is 2.74. The van der Waals surface area contributed by atoms with Crippen molar-refractivity contribution in [2.24, 2.45) is 0 Å². The Kier molecular flexibility index (Phi) is 5.54. The number of rotatable bonds is 4. The number of nitrogens with zero attached hydrogens (tertiary/aromatic N) is 1. The maximum atomic E-state index is 14.2. The average molecular weight is 396 g/mol. The van der Waals surface area contributed by atoms with Crippen molar-refractivity contribution >= 4 is 21.6 Å². The fraction of sp³-hybridized carbons (Fsp3) is 0.278. The number of halogens is 2. The number of hydrogen-bond acceptors (Lipinski definition) is 4. The topological polar surface area (TPSA) is 75.7 Å². The molecule has 144 valence electrons. The van der Waals surface area contributed by atoms with E-state index in [9.17, 15) is 22.0 Å². The summed E-state index contributed by atoms with van der Waals surface area (Å²) < 4.78 is 59.2. The van der Waals surface area contributed by atoms with Gasteiger partial charge in [0.1, 0.15) is 16.5 Å². The van der Waals surface area contributed by atoms with E-state index >= 15 is 0 Å². The highest BCUT2D eigenvalue weighted by molar-refractivity contribution is 7.89. The molecule has 1 N–H and O–H groups in total. The first-order valence-corrected chi connectivity index (χ1v) is 9.68. The Bertz CT molecular complexity index is 973. The monoisotopic (exact) mass is 396 g/mol. The summed E-state index contributed by atoms with van der Waals surface area (Å²) in [5.74, 6) is -2.10. The van der Waals surface area contributed by atoms with Gasteiger partial charge in [0.2, 0.25) is 10.0 Å². The van der Waals surface area contributed by atoms with Crippen LogP contribution in [0, 0.1) is 18.6 Å². The predicted molar refractivity (Wildman–Crippen MR) is 95.1 cm³/mol. The summed E-state index contributed by atoms with van der Waals surface area (Å²) in [6, 6.07) is 7.06. The molecule has 1 amide bonds.